The van der Waals surface area contributed by atoms with E-state index in [1.54, 1.807) is 32.3 Å². The van der Waals surface area contributed by atoms with E-state index in [4.69, 9.17) is 14.2 Å². The van der Waals surface area contributed by atoms with E-state index in [-0.39, 0.29) is 11.5 Å². The lowest BCUT2D eigenvalue weighted by atomic mass is 10.0. The van der Waals surface area contributed by atoms with Gasteiger partial charge in [-0.1, -0.05) is 35.9 Å². The molecule has 7 nitrogen and oxygen atoms in total. The molecule has 0 spiro atoms. The molecule has 3 rings (SSSR count). The van der Waals surface area contributed by atoms with Crippen LogP contribution in [-0.2, 0) is 27.4 Å². The number of rotatable bonds is 10. The molecule has 0 N–H and O–H groups in total. The first-order valence-electron chi connectivity index (χ1n) is 11.2. The molecule has 1 atom stereocenters. The molecule has 0 saturated carbocycles. The summed E-state index contributed by atoms with van der Waals surface area (Å²) in [6.45, 7) is 9.53. The Kier molecular flexibility index (Phi) is 8.76. The van der Waals surface area contributed by atoms with Crippen molar-refractivity contribution in [2.24, 2.45) is 0 Å². The van der Waals surface area contributed by atoms with Gasteiger partial charge in [-0.3, -0.25) is 14.5 Å². The Labute approximate surface area is 209 Å². The molecule has 0 bridgehead atoms. The molecule has 8 heteroatoms. The summed E-state index contributed by atoms with van der Waals surface area (Å²) in [6.07, 6.45) is 3.89. The van der Waals surface area contributed by atoms with Crippen molar-refractivity contribution in [1.82, 2.24) is 4.90 Å². The number of imide groups is 1. The summed E-state index contributed by atoms with van der Waals surface area (Å²) in [5, 5.41) is -0.516. The fourth-order valence-electron chi connectivity index (χ4n) is 3.56. The third kappa shape index (κ3) is 6.14. The molecule has 35 heavy (non-hydrogen) atoms. The second-order valence-electron chi connectivity index (χ2n) is 7.96. The predicted molar refractivity (Wildman–Crippen MR) is 136 cm³/mol. The SMILES string of the molecule is C=CCc1cc(/C=C2/SC(=O)N([C@@H](C)C(=O)OCC)C2=O)cc(OC)c1OCc1ccc(C)cc1. The lowest BCUT2D eigenvalue weighted by Crippen LogP contribution is -2.42. The second-order valence-corrected chi connectivity index (χ2v) is 8.95. The first-order chi connectivity index (χ1) is 16.8. The molecule has 2 amide bonds. The van der Waals surface area contributed by atoms with Crippen molar-refractivity contribution in [1.29, 1.82) is 0 Å². The van der Waals surface area contributed by atoms with E-state index in [0.29, 0.717) is 30.1 Å². The van der Waals surface area contributed by atoms with Crippen LogP contribution in [0.25, 0.3) is 6.08 Å². The van der Waals surface area contributed by atoms with Crippen LogP contribution in [-0.4, -0.2) is 41.8 Å². The zero-order valence-corrected chi connectivity index (χ0v) is 21.1. The minimum atomic E-state index is -1.00. The highest BCUT2D eigenvalue weighted by Crippen LogP contribution is 2.38. The molecule has 2 aromatic carbocycles. The van der Waals surface area contributed by atoms with Gasteiger partial charge in [0.05, 0.1) is 18.6 Å². The van der Waals surface area contributed by atoms with E-state index < -0.39 is 23.2 Å². The Bertz CT molecular complexity index is 1160. The highest BCUT2D eigenvalue weighted by atomic mass is 32.2. The first-order valence-corrected chi connectivity index (χ1v) is 12.0. The molecule has 184 valence electrons. The van der Waals surface area contributed by atoms with Gasteiger partial charge < -0.3 is 14.2 Å². The third-order valence-electron chi connectivity index (χ3n) is 5.38. The average molecular weight is 496 g/mol. The summed E-state index contributed by atoms with van der Waals surface area (Å²) in [5.41, 5.74) is 3.69. The van der Waals surface area contributed by atoms with Crippen LogP contribution < -0.4 is 9.47 Å². The summed E-state index contributed by atoms with van der Waals surface area (Å²) in [5.74, 6) is -0.0680. The van der Waals surface area contributed by atoms with Gasteiger partial charge in [-0.05, 0) is 68.3 Å². The van der Waals surface area contributed by atoms with Crippen LogP contribution in [0.4, 0.5) is 4.79 Å². The normalized spacial score (nSPS) is 15.3. The van der Waals surface area contributed by atoms with Gasteiger partial charge in [0.2, 0.25) is 0 Å². The van der Waals surface area contributed by atoms with E-state index in [1.165, 1.54) is 12.5 Å². The summed E-state index contributed by atoms with van der Waals surface area (Å²) >= 11 is 0.785. The molecule has 1 saturated heterocycles. The van der Waals surface area contributed by atoms with Gasteiger partial charge in [0.25, 0.3) is 11.1 Å². The van der Waals surface area contributed by atoms with Crippen molar-refractivity contribution in [2.45, 2.75) is 39.8 Å². The number of benzene rings is 2. The highest BCUT2D eigenvalue weighted by Gasteiger charge is 2.41. The van der Waals surface area contributed by atoms with Crippen LogP contribution in [0.3, 0.4) is 0 Å². The first kappa shape index (κ1) is 26.1. The van der Waals surface area contributed by atoms with Crippen molar-refractivity contribution in [3.63, 3.8) is 0 Å². The Morgan fingerprint density at radius 1 is 1.20 bits per heavy atom. The molecular weight excluding hydrogens is 466 g/mol. The molecule has 2 aromatic rings. The number of carbonyl (C=O) groups excluding carboxylic acids is 3. The largest absolute Gasteiger partial charge is 0.493 e. The molecular formula is C27H29NO6S. The fourth-order valence-corrected chi connectivity index (χ4v) is 4.47. The van der Waals surface area contributed by atoms with Crippen molar-refractivity contribution >= 4 is 35.0 Å². The predicted octanol–water partition coefficient (Wildman–Crippen LogP) is 5.30. The average Bonchev–Trinajstić information content (AvgIpc) is 3.11. The molecule has 0 radical (unpaired) electrons. The van der Waals surface area contributed by atoms with Gasteiger partial charge in [-0.2, -0.15) is 0 Å². The van der Waals surface area contributed by atoms with Crippen LogP contribution >= 0.6 is 11.8 Å². The van der Waals surface area contributed by atoms with E-state index in [9.17, 15) is 14.4 Å². The van der Waals surface area contributed by atoms with Crippen molar-refractivity contribution in [2.75, 3.05) is 13.7 Å². The zero-order valence-electron chi connectivity index (χ0n) is 20.3. The van der Waals surface area contributed by atoms with Gasteiger partial charge in [-0.15, -0.1) is 6.58 Å². The number of hydrogen-bond acceptors (Lipinski definition) is 7. The Morgan fingerprint density at radius 2 is 1.91 bits per heavy atom. The number of methoxy groups -OCH3 is 1. The Morgan fingerprint density at radius 3 is 2.54 bits per heavy atom. The molecule has 0 unspecified atom stereocenters. The smallest absolute Gasteiger partial charge is 0.329 e. The van der Waals surface area contributed by atoms with Crippen molar-refractivity contribution in [3.8, 4) is 11.5 Å². The van der Waals surface area contributed by atoms with Gasteiger partial charge >= 0.3 is 5.97 Å². The van der Waals surface area contributed by atoms with Gasteiger partial charge in [0.1, 0.15) is 12.6 Å². The molecule has 1 aliphatic rings. The number of hydrogen-bond donors (Lipinski definition) is 0. The van der Waals surface area contributed by atoms with E-state index in [2.05, 4.69) is 6.58 Å². The molecule has 1 fully saturated rings. The number of allylic oxidation sites excluding steroid dienone is 1. The van der Waals surface area contributed by atoms with Crippen molar-refractivity contribution < 1.29 is 28.6 Å². The number of carbonyl (C=O) groups is 3. The summed E-state index contributed by atoms with van der Waals surface area (Å²) in [7, 11) is 1.55. The van der Waals surface area contributed by atoms with Gasteiger partial charge in [-0.25, -0.2) is 4.79 Å². The second kappa shape index (κ2) is 11.8. The maximum Gasteiger partial charge on any atom is 0.329 e. The quantitative estimate of drug-likeness (QED) is 0.251. The van der Waals surface area contributed by atoms with E-state index >= 15 is 0 Å². The van der Waals surface area contributed by atoms with Crippen LogP contribution in [0.15, 0.2) is 54.0 Å². The fraction of sp³-hybridized carbons (Fsp3) is 0.296. The zero-order chi connectivity index (χ0) is 25.5. The number of amides is 2. The monoisotopic (exact) mass is 495 g/mol. The number of aryl methyl sites for hydroxylation is 1. The molecule has 0 aliphatic carbocycles. The Hall–Kier alpha value is -3.52. The minimum Gasteiger partial charge on any atom is -0.493 e. The van der Waals surface area contributed by atoms with E-state index in [1.807, 2.05) is 37.3 Å². The highest BCUT2D eigenvalue weighted by molar-refractivity contribution is 8.18. The van der Waals surface area contributed by atoms with Crippen LogP contribution in [0, 0.1) is 6.92 Å². The topological polar surface area (TPSA) is 82.1 Å². The lowest BCUT2D eigenvalue weighted by Gasteiger charge is -2.19. The van der Waals surface area contributed by atoms with Crippen molar-refractivity contribution in [3.05, 3.63) is 76.2 Å². The number of esters is 1. The molecule has 1 aliphatic heterocycles. The number of ether oxygens (including phenoxy) is 3. The lowest BCUT2D eigenvalue weighted by molar-refractivity contribution is -0.150. The van der Waals surface area contributed by atoms with Crippen LogP contribution in [0.1, 0.15) is 36.1 Å². The summed E-state index contributed by atoms with van der Waals surface area (Å²) < 4.78 is 16.7. The standard InChI is InChI=1S/C27H29NO6S/c1-6-8-21-13-20(14-22(32-5)24(21)34-16-19-11-9-17(3)10-12-19)15-23-25(29)28(27(31)35-23)18(4)26(30)33-7-2/h6,9-15,18H,1,7-8,16H2,2-5H3/b23-15+/t18-/m0/s1. The summed E-state index contributed by atoms with van der Waals surface area (Å²) in [6, 6.07) is 10.7. The maximum atomic E-state index is 12.9. The van der Waals surface area contributed by atoms with Crippen LogP contribution in [0.2, 0.25) is 0 Å². The number of nitrogens with zero attached hydrogens (tertiary/aromatic N) is 1. The third-order valence-corrected chi connectivity index (χ3v) is 6.26. The van der Waals surface area contributed by atoms with Gasteiger partial charge in [0.15, 0.2) is 11.5 Å². The maximum absolute atomic E-state index is 12.9. The molecule has 0 aromatic heterocycles. The molecule has 1 heterocycles. The van der Waals surface area contributed by atoms with E-state index in [0.717, 1.165) is 27.8 Å². The van der Waals surface area contributed by atoms with Crippen LogP contribution in [0.5, 0.6) is 11.5 Å². The Balaban J connectivity index is 1.89. The minimum absolute atomic E-state index is 0.166. The van der Waals surface area contributed by atoms with Gasteiger partial charge in [0, 0.05) is 5.56 Å². The summed E-state index contributed by atoms with van der Waals surface area (Å²) in [4.78, 5) is 38.6. The number of thioether (sulfide) groups is 1.